The van der Waals surface area contributed by atoms with E-state index in [-0.39, 0.29) is 24.9 Å². The van der Waals surface area contributed by atoms with Crippen molar-refractivity contribution in [1.29, 1.82) is 0 Å². The Labute approximate surface area is 227 Å². The number of carbonyl (C=O) groups excluding carboxylic acids is 1. The molecule has 0 aliphatic heterocycles. The smallest absolute Gasteiger partial charge is 0.388 e. The minimum Gasteiger partial charge on any atom is -0.388 e. The fourth-order valence-electron chi connectivity index (χ4n) is 5.60. The maximum Gasteiger partial charge on any atom is 0.416 e. The van der Waals surface area contributed by atoms with Crippen molar-refractivity contribution >= 4 is 27.7 Å². The zero-order valence-corrected chi connectivity index (χ0v) is 21.7. The highest BCUT2D eigenvalue weighted by Gasteiger charge is 2.37. The number of amides is 1. The predicted molar refractivity (Wildman–Crippen MR) is 143 cm³/mol. The van der Waals surface area contributed by atoms with Crippen LogP contribution in [0.25, 0.3) is 33.1 Å². The average Bonchev–Trinajstić information content (AvgIpc) is 3.51. The van der Waals surface area contributed by atoms with Crippen LogP contribution in [-0.2, 0) is 12.7 Å². The van der Waals surface area contributed by atoms with Gasteiger partial charge in [-0.1, -0.05) is 6.07 Å². The van der Waals surface area contributed by atoms with Gasteiger partial charge in [0, 0.05) is 39.8 Å². The average molecular weight is 549 g/mol. The first-order chi connectivity index (χ1) is 19.1. The highest BCUT2D eigenvalue weighted by Crippen LogP contribution is 2.34. The van der Waals surface area contributed by atoms with Crippen LogP contribution in [0.1, 0.15) is 47.3 Å². The van der Waals surface area contributed by atoms with Gasteiger partial charge in [-0.05, 0) is 75.1 Å². The summed E-state index contributed by atoms with van der Waals surface area (Å²) in [5.74, 6) is -0.270. The Kier molecular flexibility index (Phi) is 6.33. The Balaban J connectivity index is 1.19. The van der Waals surface area contributed by atoms with Gasteiger partial charge >= 0.3 is 6.18 Å². The first-order valence-corrected chi connectivity index (χ1v) is 13.1. The van der Waals surface area contributed by atoms with E-state index >= 15 is 0 Å². The molecule has 1 fully saturated rings. The summed E-state index contributed by atoms with van der Waals surface area (Å²) in [4.78, 5) is 17.5. The second kappa shape index (κ2) is 9.74. The van der Waals surface area contributed by atoms with Crippen molar-refractivity contribution in [2.45, 2.75) is 57.0 Å². The molecule has 5 aromatic rings. The van der Waals surface area contributed by atoms with Gasteiger partial charge in [-0.2, -0.15) is 23.4 Å². The second-order valence-corrected chi connectivity index (χ2v) is 10.6. The molecule has 3 heterocycles. The first-order valence-electron chi connectivity index (χ1n) is 13.1. The van der Waals surface area contributed by atoms with E-state index in [9.17, 15) is 23.1 Å². The maximum absolute atomic E-state index is 13.3. The molecule has 0 saturated heterocycles. The third-order valence-electron chi connectivity index (χ3n) is 7.57. The number of hydrogen-bond acceptors (Lipinski definition) is 5. The van der Waals surface area contributed by atoms with Crippen LogP contribution in [0.15, 0.2) is 60.9 Å². The Morgan fingerprint density at radius 3 is 2.85 bits per heavy atom. The molecule has 2 atom stereocenters. The van der Waals surface area contributed by atoms with Crippen molar-refractivity contribution in [3.63, 3.8) is 0 Å². The van der Waals surface area contributed by atoms with E-state index in [1.165, 1.54) is 16.9 Å². The zero-order valence-electron chi connectivity index (χ0n) is 21.7. The number of aliphatic hydroxyl groups is 1. The number of halogens is 3. The molecule has 2 aromatic carbocycles. The molecule has 0 spiro atoms. The highest BCUT2D eigenvalue weighted by atomic mass is 19.4. The lowest BCUT2D eigenvalue weighted by Crippen LogP contribution is -2.47. The third kappa shape index (κ3) is 5.04. The molecule has 1 amide bonds. The van der Waals surface area contributed by atoms with Crippen LogP contribution >= 0.6 is 0 Å². The maximum atomic E-state index is 13.3. The van der Waals surface area contributed by atoms with Gasteiger partial charge in [-0.15, -0.1) is 0 Å². The minimum atomic E-state index is -4.47. The van der Waals surface area contributed by atoms with E-state index in [2.05, 4.69) is 25.6 Å². The van der Waals surface area contributed by atoms with Gasteiger partial charge in [-0.3, -0.25) is 19.6 Å². The van der Waals surface area contributed by atoms with E-state index < -0.39 is 17.3 Å². The van der Waals surface area contributed by atoms with Crippen molar-refractivity contribution in [2.75, 3.05) is 0 Å². The molecule has 3 aromatic heterocycles. The minimum absolute atomic E-state index is 0.0276. The molecule has 0 unspecified atom stereocenters. The Morgan fingerprint density at radius 2 is 2.05 bits per heavy atom. The predicted octanol–water partition coefficient (Wildman–Crippen LogP) is 5.41. The van der Waals surface area contributed by atoms with Crippen LogP contribution < -0.4 is 5.32 Å². The fourth-order valence-corrected chi connectivity index (χ4v) is 5.60. The Hall–Kier alpha value is -4.25. The van der Waals surface area contributed by atoms with Gasteiger partial charge < -0.3 is 10.4 Å². The lowest BCUT2D eigenvalue weighted by atomic mass is 9.81. The van der Waals surface area contributed by atoms with Crippen LogP contribution in [0.2, 0.25) is 0 Å². The van der Waals surface area contributed by atoms with Gasteiger partial charge in [0.05, 0.1) is 34.9 Å². The van der Waals surface area contributed by atoms with Crippen molar-refractivity contribution < 1.29 is 23.1 Å². The lowest BCUT2D eigenvalue weighted by molar-refractivity contribution is -0.137. The van der Waals surface area contributed by atoms with Crippen molar-refractivity contribution in [3.8, 4) is 11.3 Å². The van der Waals surface area contributed by atoms with Gasteiger partial charge in [0.25, 0.3) is 5.91 Å². The molecule has 8 nitrogen and oxygen atoms in total. The second-order valence-electron chi connectivity index (χ2n) is 10.6. The largest absolute Gasteiger partial charge is 0.416 e. The molecule has 3 N–H and O–H groups in total. The first kappa shape index (κ1) is 26.0. The van der Waals surface area contributed by atoms with Crippen LogP contribution in [-0.4, -0.2) is 47.6 Å². The summed E-state index contributed by atoms with van der Waals surface area (Å²) in [6.07, 6.45) is 0.784. The number of alkyl halides is 3. The number of aromatic amines is 1. The number of carbonyl (C=O) groups is 1. The summed E-state index contributed by atoms with van der Waals surface area (Å²) in [5.41, 5.74) is 2.05. The number of aryl methyl sites for hydroxylation is 1. The molecule has 0 bridgehead atoms. The summed E-state index contributed by atoms with van der Waals surface area (Å²) in [6, 6.07) is 12.3. The van der Waals surface area contributed by atoms with Crippen molar-refractivity contribution in [1.82, 2.24) is 30.3 Å². The SMILES string of the molecule is Cc1cc(-c2n[nH]c3ccc(C(=O)N[C@H]4CCC[C@](O)(Cn5ncc6ccc(C(F)(F)F)cc65)C4)cc23)ccn1. The molecule has 206 valence electrons. The van der Waals surface area contributed by atoms with Crippen molar-refractivity contribution in [2.24, 2.45) is 0 Å². The zero-order chi connectivity index (χ0) is 28.1. The standard InChI is InChI=1S/C29H27F3N6O2/c1-17-11-18(8-10-33-17)26-23-12-19(5-7-24(23)36-37-26)27(39)35-22-3-2-9-28(40,14-22)16-38-25-13-21(29(30,31)32)6-4-20(25)15-34-38/h4-8,10-13,15,22,40H,2-3,9,14,16H2,1H3,(H,35,39)(H,36,37)/t22-,28+/m0/s1. The Morgan fingerprint density at radius 1 is 1.20 bits per heavy atom. The third-order valence-corrected chi connectivity index (χ3v) is 7.57. The topological polar surface area (TPSA) is 109 Å². The number of hydrogen-bond donors (Lipinski definition) is 3. The normalized spacial score (nSPS) is 19.8. The summed E-state index contributed by atoms with van der Waals surface area (Å²) in [7, 11) is 0. The number of H-pyrrole nitrogens is 1. The van der Waals surface area contributed by atoms with Crippen LogP contribution in [0.5, 0.6) is 0 Å². The molecule has 40 heavy (non-hydrogen) atoms. The number of rotatable bonds is 5. The molecular formula is C29H27F3N6O2. The molecule has 6 rings (SSSR count). The van der Waals surface area contributed by atoms with E-state index in [1.807, 2.05) is 25.1 Å². The van der Waals surface area contributed by atoms with Crippen molar-refractivity contribution in [3.05, 3.63) is 77.7 Å². The van der Waals surface area contributed by atoms with Crippen LogP contribution in [0, 0.1) is 6.92 Å². The van der Waals surface area contributed by atoms with Crippen LogP contribution in [0.4, 0.5) is 13.2 Å². The van der Waals surface area contributed by atoms with E-state index in [0.29, 0.717) is 35.7 Å². The molecule has 1 aliphatic rings. The fraction of sp³-hybridized carbons (Fsp3) is 0.310. The van der Waals surface area contributed by atoms with Crippen LogP contribution in [0.3, 0.4) is 0 Å². The number of nitrogens with one attached hydrogen (secondary N) is 2. The van der Waals surface area contributed by atoms with Gasteiger partial charge in [-0.25, -0.2) is 0 Å². The number of aromatic nitrogens is 5. The van der Waals surface area contributed by atoms with Gasteiger partial charge in [0.1, 0.15) is 5.69 Å². The summed E-state index contributed by atoms with van der Waals surface area (Å²) in [5, 5.41) is 27.5. The summed E-state index contributed by atoms with van der Waals surface area (Å²) < 4.78 is 41.2. The number of fused-ring (bicyclic) bond motifs is 2. The number of nitrogens with zero attached hydrogens (tertiary/aromatic N) is 4. The van der Waals surface area contributed by atoms with E-state index in [1.54, 1.807) is 18.3 Å². The van der Waals surface area contributed by atoms with Gasteiger partial charge in [0.2, 0.25) is 0 Å². The quantitative estimate of drug-likeness (QED) is 0.272. The highest BCUT2D eigenvalue weighted by molar-refractivity contribution is 6.01. The Bertz CT molecular complexity index is 1730. The number of pyridine rings is 1. The number of benzene rings is 2. The monoisotopic (exact) mass is 548 g/mol. The molecule has 1 aliphatic carbocycles. The molecule has 11 heteroatoms. The summed E-state index contributed by atoms with van der Waals surface area (Å²) in [6.45, 7) is 1.93. The van der Waals surface area contributed by atoms with Gasteiger partial charge in [0.15, 0.2) is 0 Å². The summed E-state index contributed by atoms with van der Waals surface area (Å²) >= 11 is 0. The molecular weight excluding hydrogens is 521 g/mol. The van der Waals surface area contributed by atoms with E-state index in [4.69, 9.17) is 0 Å². The molecule has 1 saturated carbocycles. The van der Waals surface area contributed by atoms with E-state index in [0.717, 1.165) is 40.0 Å². The lowest BCUT2D eigenvalue weighted by Gasteiger charge is -2.37. The molecule has 0 radical (unpaired) electrons.